The smallest absolute Gasteiger partial charge is 0.254 e. The Morgan fingerprint density at radius 3 is 2.69 bits per heavy atom. The van der Waals surface area contributed by atoms with Crippen molar-refractivity contribution < 1.29 is 19.4 Å². The van der Waals surface area contributed by atoms with Crippen LogP contribution in [0.25, 0.3) is 0 Å². The van der Waals surface area contributed by atoms with Gasteiger partial charge in [0.25, 0.3) is 5.91 Å². The Bertz CT molecular complexity index is 253. The number of hydrogen-bond donors (Lipinski definition) is 3. The lowest BCUT2D eigenvalue weighted by molar-refractivity contribution is 0.0879. The second kappa shape index (κ2) is 4.64. The van der Waals surface area contributed by atoms with Gasteiger partial charge in [-0.1, -0.05) is 0 Å². The zero-order valence-electron chi connectivity index (χ0n) is 6.93. The molecule has 0 radical (unpaired) electrons. The molecule has 72 valence electrons. The molecule has 0 aliphatic heterocycles. The van der Waals surface area contributed by atoms with E-state index in [2.05, 4.69) is 5.32 Å². The number of amides is 1. The Morgan fingerprint density at radius 1 is 1.54 bits per heavy atom. The molecule has 3 N–H and O–H groups in total. The zero-order chi connectivity index (χ0) is 9.68. The summed E-state index contributed by atoms with van der Waals surface area (Å²) in [5.41, 5.74) is 0.368. The van der Waals surface area contributed by atoms with Crippen LogP contribution in [0.1, 0.15) is 10.4 Å². The average Bonchev–Trinajstić information content (AvgIpc) is 2.66. The molecule has 5 nitrogen and oxygen atoms in total. The fourth-order valence-electron chi connectivity index (χ4n) is 0.811. The Morgan fingerprint density at radius 2 is 2.23 bits per heavy atom. The second-order valence-corrected chi connectivity index (χ2v) is 2.55. The minimum Gasteiger partial charge on any atom is -0.472 e. The predicted octanol–water partition coefficient (Wildman–Crippen LogP) is -0.637. The maximum atomic E-state index is 11.2. The summed E-state index contributed by atoms with van der Waals surface area (Å²) in [6.45, 7) is -0.583. The molecule has 0 spiro atoms. The van der Waals surface area contributed by atoms with E-state index < -0.39 is 6.04 Å². The molecular formula is C8H11NO4. The van der Waals surface area contributed by atoms with Crippen LogP contribution in [0.15, 0.2) is 23.0 Å². The van der Waals surface area contributed by atoms with Gasteiger partial charge < -0.3 is 19.9 Å². The highest BCUT2D eigenvalue weighted by atomic mass is 16.3. The third kappa shape index (κ3) is 2.57. The van der Waals surface area contributed by atoms with Gasteiger partial charge in [0, 0.05) is 0 Å². The molecule has 0 fully saturated rings. The minimum absolute atomic E-state index is 0.292. The number of carbonyl (C=O) groups is 1. The van der Waals surface area contributed by atoms with Crippen LogP contribution in [-0.4, -0.2) is 35.4 Å². The van der Waals surface area contributed by atoms with E-state index in [0.717, 1.165) is 0 Å². The average molecular weight is 185 g/mol. The first-order valence-electron chi connectivity index (χ1n) is 3.82. The molecule has 0 saturated heterocycles. The lowest BCUT2D eigenvalue weighted by atomic mass is 10.2. The van der Waals surface area contributed by atoms with Crippen LogP contribution < -0.4 is 5.32 Å². The van der Waals surface area contributed by atoms with Gasteiger partial charge in [-0.05, 0) is 6.07 Å². The van der Waals surface area contributed by atoms with Gasteiger partial charge in [0.05, 0.1) is 31.1 Å². The van der Waals surface area contributed by atoms with Gasteiger partial charge >= 0.3 is 0 Å². The maximum Gasteiger partial charge on any atom is 0.254 e. The summed E-state index contributed by atoms with van der Waals surface area (Å²) in [7, 11) is 0. The molecule has 0 unspecified atom stereocenters. The zero-order valence-corrected chi connectivity index (χ0v) is 6.93. The third-order valence-corrected chi connectivity index (χ3v) is 1.56. The van der Waals surface area contributed by atoms with Crippen LogP contribution >= 0.6 is 0 Å². The molecular weight excluding hydrogens is 174 g/mol. The van der Waals surface area contributed by atoms with Crippen LogP contribution in [0, 0.1) is 0 Å². The van der Waals surface area contributed by atoms with Crippen molar-refractivity contribution in [3.05, 3.63) is 24.2 Å². The van der Waals surface area contributed by atoms with Gasteiger partial charge in [0.1, 0.15) is 6.26 Å². The first-order valence-corrected chi connectivity index (χ1v) is 3.82. The Hall–Kier alpha value is -1.33. The Balaban J connectivity index is 2.50. The number of carbonyl (C=O) groups excluding carboxylic acids is 1. The summed E-state index contributed by atoms with van der Waals surface area (Å²) >= 11 is 0. The SMILES string of the molecule is O=C(NC(CO)CO)c1ccoc1. The number of aliphatic hydroxyl groups is 2. The molecule has 5 heteroatoms. The van der Waals surface area contributed by atoms with Crippen molar-refractivity contribution in [2.24, 2.45) is 0 Å². The number of nitrogens with one attached hydrogen (secondary N) is 1. The molecule has 0 saturated carbocycles. The molecule has 0 aromatic carbocycles. The van der Waals surface area contributed by atoms with Gasteiger partial charge in [-0.25, -0.2) is 0 Å². The summed E-state index contributed by atoms with van der Waals surface area (Å²) in [6, 6.07) is 0.878. The standard InChI is InChI=1S/C8H11NO4/c10-3-7(4-11)9-8(12)6-1-2-13-5-6/h1-2,5,7,10-11H,3-4H2,(H,9,12). The summed E-state index contributed by atoms with van der Waals surface area (Å²) in [5, 5.41) is 19.8. The van der Waals surface area contributed by atoms with Crippen LogP contribution in [-0.2, 0) is 0 Å². The highest BCUT2D eigenvalue weighted by Gasteiger charge is 2.12. The first kappa shape index (κ1) is 9.76. The van der Waals surface area contributed by atoms with E-state index in [-0.39, 0.29) is 19.1 Å². The van der Waals surface area contributed by atoms with Crippen molar-refractivity contribution in [3.63, 3.8) is 0 Å². The summed E-state index contributed by atoms with van der Waals surface area (Å²) in [4.78, 5) is 11.2. The number of rotatable bonds is 4. The molecule has 1 aromatic heterocycles. The summed E-state index contributed by atoms with van der Waals surface area (Å²) in [5.74, 6) is -0.373. The molecule has 0 bridgehead atoms. The fraction of sp³-hybridized carbons (Fsp3) is 0.375. The normalized spacial score (nSPS) is 10.4. The van der Waals surface area contributed by atoms with Crippen molar-refractivity contribution in [1.82, 2.24) is 5.32 Å². The van der Waals surface area contributed by atoms with Gasteiger partial charge in [-0.15, -0.1) is 0 Å². The van der Waals surface area contributed by atoms with Crippen molar-refractivity contribution >= 4 is 5.91 Å². The van der Waals surface area contributed by atoms with Crippen molar-refractivity contribution in [3.8, 4) is 0 Å². The van der Waals surface area contributed by atoms with Crippen molar-refractivity contribution in [1.29, 1.82) is 0 Å². The van der Waals surface area contributed by atoms with E-state index >= 15 is 0 Å². The molecule has 1 aromatic rings. The lowest BCUT2D eigenvalue weighted by Crippen LogP contribution is -2.39. The number of hydrogen-bond acceptors (Lipinski definition) is 4. The quantitative estimate of drug-likeness (QED) is 0.582. The van der Waals surface area contributed by atoms with Gasteiger partial charge in [0.2, 0.25) is 0 Å². The molecule has 1 amide bonds. The predicted molar refractivity (Wildman–Crippen MR) is 44.1 cm³/mol. The minimum atomic E-state index is -0.623. The van der Waals surface area contributed by atoms with Crippen LogP contribution in [0.5, 0.6) is 0 Å². The molecule has 0 atom stereocenters. The van der Waals surface area contributed by atoms with Gasteiger partial charge in [-0.2, -0.15) is 0 Å². The summed E-state index contributed by atoms with van der Waals surface area (Å²) < 4.78 is 4.70. The van der Waals surface area contributed by atoms with Gasteiger partial charge in [-0.3, -0.25) is 4.79 Å². The van der Waals surface area contributed by atoms with E-state index in [9.17, 15) is 4.79 Å². The van der Waals surface area contributed by atoms with Crippen molar-refractivity contribution in [2.75, 3.05) is 13.2 Å². The molecule has 13 heavy (non-hydrogen) atoms. The van der Waals surface area contributed by atoms with Crippen molar-refractivity contribution in [2.45, 2.75) is 6.04 Å². The van der Waals surface area contributed by atoms with Crippen LogP contribution in [0.3, 0.4) is 0 Å². The largest absolute Gasteiger partial charge is 0.472 e. The van der Waals surface area contributed by atoms with Crippen LogP contribution in [0.4, 0.5) is 0 Å². The lowest BCUT2D eigenvalue weighted by Gasteiger charge is -2.11. The molecule has 0 aliphatic carbocycles. The third-order valence-electron chi connectivity index (χ3n) is 1.56. The highest BCUT2D eigenvalue weighted by molar-refractivity contribution is 5.93. The molecule has 1 rings (SSSR count). The topological polar surface area (TPSA) is 82.7 Å². The van der Waals surface area contributed by atoms with E-state index in [1.807, 2.05) is 0 Å². The monoisotopic (exact) mass is 185 g/mol. The van der Waals surface area contributed by atoms with Gasteiger partial charge in [0.15, 0.2) is 0 Å². The molecule has 0 aliphatic rings. The van der Waals surface area contributed by atoms with E-state index in [1.165, 1.54) is 18.6 Å². The maximum absolute atomic E-state index is 11.2. The Kier molecular flexibility index (Phi) is 3.48. The van der Waals surface area contributed by atoms with E-state index in [0.29, 0.717) is 5.56 Å². The number of furan rings is 1. The summed E-state index contributed by atoms with van der Waals surface area (Å²) in [6.07, 6.45) is 2.67. The number of aliphatic hydroxyl groups excluding tert-OH is 2. The first-order chi connectivity index (χ1) is 6.27. The fourth-order valence-corrected chi connectivity index (χ4v) is 0.811. The highest BCUT2D eigenvalue weighted by Crippen LogP contribution is 1.99. The van der Waals surface area contributed by atoms with E-state index in [1.54, 1.807) is 0 Å². The van der Waals surface area contributed by atoms with E-state index in [4.69, 9.17) is 14.6 Å². The second-order valence-electron chi connectivity index (χ2n) is 2.55. The Labute approximate surface area is 75.0 Å². The molecule has 1 heterocycles. The van der Waals surface area contributed by atoms with Crippen LogP contribution in [0.2, 0.25) is 0 Å².